The van der Waals surface area contributed by atoms with Gasteiger partial charge >= 0.3 is 5.97 Å². The number of aromatic nitrogens is 4. The Labute approximate surface area is 145 Å². The number of carbonyl (C=O) groups is 2. The van der Waals surface area contributed by atoms with Crippen LogP contribution in [0.15, 0.2) is 41.8 Å². The highest BCUT2D eigenvalue weighted by atomic mass is 32.1. The molecule has 1 N–H and O–H groups in total. The van der Waals surface area contributed by atoms with Crippen LogP contribution in [0.4, 0.5) is 10.1 Å². The Morgan fingerprint density at radius 2 is 2.04 bits per heavy atom. The summed E-state index contributed by atoms with van der Waals surface area (Å²) in [6.45, 7) is -0.731. The predicted molar refractivity (Wildman–Crippen MR) is 87.1 cm³/mol. The Balaban J connectivity index is 1.46. The van der Waals surface area contributed by atoms with Crippen LogP contribution in [0.5, 0.6) is 0 Å². The van der Waals surface area contributed by atoms with E-state index in [4.69, 9.17) is 4.74 Å². The molecule has 0 spiro atoms. The summed E-state index contributed by atoms with van der Waals surface area (Å²) in [7, 11) is 0. The van der Waals surface area contributed by atoms with Crippen LogP contribution in [-0.2, 0) is 20.9 Å². The summed E-state index contributed by atoms with van der Waals surface area (Å²) in [5.41, 5.74) is 0.404. The lowest BCUT2D eigenvalue weighted by atomic mass is 10.3. The first-order valence-corrected chi connectivity index (χ1v) is 8.01. The number of thiophene rings is 1. The van der Waals surface area contributed by atoms with E-state index in [2.05, 4.69) is 20.7 Å². The minimum absolute atomic E-state index is 0.262. The third-order valence-corrected chi connectivity index (χ3v) is 3.82. The van der Waals surface area contributed by atoms with Gasteiger partial charge in [-0.05, 0) is 40.9 Å². The molecule has 0 saturated carbocycles. The number of hydrogen-bond donors (Lipinski definition) is 1. The van der Waals surface area contributed by atoms with Gasteiger partial charge in [-0.1, -0.05) is 6.07 Å². The number of halogens is 1. The van der Waals surface area contributed by atoms with E-state index in [1.54, 1.807) is 0 Å². The third kappa shape index (κ3) is 4.67. The standard InChI is InChI=1S/C15H12FN5O3S/c16-10-3-5-11(6-4-10)17-13(22)9-24-14(23)8-21-19-15(18-20-21)12-2-1-7-25-12/h1-7H,8-9H2,(H,17,22). The molecule has 0 saturated heterocycles. The van der Waals surface area contributed by atoms with Gasteiger partial charge in [-0.2, -0.15) is 4.80 Å². The van der Waals surface area contributed by atoms with Crippen molar-refractivity contribution in [1.82, 2.24) is 20.2 Å². The van der Waals surface area contributed by atoms with Crippen LogP contribution in [0.1, 0.15) is 0 Å². The zero-order valence-electron chi connectivity index (χ0n) is 12.8. The van der Waals surface area contributed by atoms with Crippen LogP contribution < -0.4 is 5.32 Å². The lowest BCUT2D eigenvalue weighted by Crippen LogP contribution is -2.23. The Bertz CT molecular complexity index is 864. The van der Waals surface area contributed by atoms with Crippen molar-refractivity contribution >= 4 is 28.9 Å². The number of amides is 1. The quantitative estimate of drug-likeness (QED) is 0.671. The molecule has 25 heavy (non-hydrogen) atoms. The first-order valence-electron chi connectivity index (χ1n) is 7.13. The number of anilines is 1. The molecule has 0 radical (unpaired) electrons. The molecule has 1 amide bonds. The Morgan fingerprint density at radius 3 is 2.76 bits per heavy atom. The van der Waals surface area contributed by atoms with E-state index in [-0.39, 0.29) is 6.54 Å². The molecular formula is C15H12FN5O3S. The predicted octanol–water partition coefficient (Wildman–Crippen LogP) is 1.72. The highest BCUT2D eigenvalue weighted by Crippen LogP contribution is 2.19. The van der Waals surface area contributed by atoms with Crippen molar-refractivity contribution in [3.05, 3.63) is 47.6 Å². The first kappa shape index (κ1) is 16.7. The Morgan fingerprint density at radius 1 is 1.24 bits per heavy atom. The molecule has 8 nitrogen and oxygen atoms in total. The van der Waals surface area contributed by atoms with Crippen molar-refractivity contribution in [3.63, 3.8) is 0 Å². The van der Waals surface area contributed by atoms with Gasteiger partial charge in [0.2, 0.25) is 5.82 Å². The highest BCUT2D eigenvalue weighted by molar-refractivity contribution is 7.13. The summed E-state index contributed by atoms with van der Waals surface area (Å²) >= 11 is 1.45. The van der Waals surface area contributed by atoms with Crippen molar-refractivity contribution in [2.24, 2.45) is 0 Å². The molecule has 2 heterocycles. The molecule has 0 bridgehead atoms. The summed E-state index contributed by atoms with van der Waals surface area (Å²) in [5.74, 6) is -1.21. The first-order chi connectivity index (χ1) is 12.1. The average molecular weight is 361 g/mol. The van der Waals surface area contributed by atoms with Crippen molar-refractivity contribution < 1.29 is 18.7 Å². The monoisotopic (exact) mass is 361 g/mol. The van der Waals surface area contributed by atoms with Crippen LogP contribution in [0.3, 0.4) is 0 Å². The van der Waals surface area contributed by atoms with Gasteiger partial charge in [-0.3, -0.25) is 4.79 Å². The molecule has 1 aromatic carbocycles. The molecule has 3 aromatic rings. The van der Waals surface area contributed by atoms with Gasteiger partial charge in [0.15, 0.2) is 13.2 Å². The van der Waals surface area contributed by atoms with Crippen molar-refractivity contribution in [3.8, 4) is 10.7 Å². The number of nitrogens with zero attached hydrogens (tertiary/aromatic N) is 4. The van der Waals surface area contributed by atoms with Gasteiger partial charge in [0, 0.05) is 5.69 Å². The fourth-order valence-electron chi connectivity index (χ4n) is 1.85. The second kappa shape index (κ2) is 7.62. The van der Waals surface area contributed by atoms with E-state index in [9.17, 15) is 14.0 Å². The maximum absolute atomic E-state index is 12.8. The number of rotatable bonds is 6. The molecule has 0 aliphatic heterocycles. The highest BCUT2D eigenvalue weighted by Gasteiger charge is 2.12. The van der Waals surface area contributed by atoms with Gasteiger partial charge in [-0.15, -0.1) is 21.5 Å². The summed E-state index contributed by atoms with van der Waals surface area (Å²) in [4.78, 5) is 25.3. The number of benzene rings is 1. The molecule has 0 atom stereocenters. The summed E-state index contributed by atoms with van der Waals surface area (Å²) in [5, 5.41) is 16.0. The number of hydrogen-bond acceptors (Lipinski definition) is 7. The molecule has 0 aliphatic rings. The summed E-state index contributed by atoms with van der Waals surface area (Å²) in [6.07, 6.45) is 0. The molecule has 0 unspecified atom stereocenters. The van der Waals surface area contributed by atoms with Crippen LogP contribution in [0.25, 0.3) is 10.7 Å². The molecule has 0 aliphatic carbocycles. The fraction of sp³-hybridized carbons (Fsp3) is 0.133. The maximum Gasteiger partial charge on any atom is 0.330 e. The number of tetrazole rings is 1. The molecular weight excluding hydrogens is 349 g/mol. The van der Waals surface area contributed by atoms with Crippen LogP contribution in [-0.4, -0.2) is 38.7 Å². The van der Waals surface area contributed by atoms with Crippen molar-refractivity contribution in [2.75, 3.05) is 11.9 Å². The van der Waals surface area contributed by atoms with E-state index >= 15 is 0 Å². The van der Waals surface area contributed by atoms with Gasteiger partial charge in [0.25, 0.3) is 5.91 Å². The minimum atomic E-state index is -0.676. The Kier molecular flexibility index (Phi) is 5.09. The maximum atomic E-state index is 12.8. The topological polar surface area (TPSA) is 99.0 Å². The molecule has 128 valence electrons. The number of esters is 1. The van der Waals surface area contributed by atoms with Crippen molar-refractivity contribution in [2.45, 2.75) is 6.54 Å². The lowest BCUT2D eigenvalue weighted by Gasteiger charge is -2.06. The van der Waals surface area contributed by atoms with E-state index in [0.717, 1.165) is 9.67 Å². The Hall–Kier alpha value is -3.14. The largest absolute Gasteiger partial charge is 0.454 e. The SMILES string of the molecule is O=C(COC(=O)Cn1nnc(-c2cccs2)n1)Nc1ccc(F)cc1. The van der Waals surface area contributed by atoms with Crippen LogP contribution in [0.2, 0.25) is 0 Å². The van der Waals surface area contributed by atoms with Gasteiger partial charge < -0.3 is 10.1 Å². The number of nitrogens with one attached hydrogen (secondary N) is 1. The molecule has 10 heteroatoms. The lowest BCUT2D eigenvalue weighted by molar-refractivity contribution is -0.148. The van der Waals surface area contributed by atoms with Crippen LogP contribution >= 0.6 is 11.3 Å². The summed E-state index contributed by atoms with van der Waals surface area (Å²) < 4.78 is 17.6. The zero-order chi connectivity index (χ0) is 17.6. The van der Waals surface area contributed by atoms with E-state index in [0.29, 0.717) is 11.5 Å². The number of ether oxygens (including phenoxy) is 1. The normalized spacial score (nSPS) is 10.4. The third-order valence-electron chi connectivity index (χ3n) is 2.96. The zero-order valence-corrected chi connectivity index (χ0v) is 13.6. The fourth-order valence-corrected chi connectivity index (χ4v) is 2.50. The summed E-state index contributed by atoms with van der Waals surface area (Å²) in [6, 6.07) is 8.92. The number of carbonyl (C=O) groups excluding carboxylic acids is 2. The van der Waals surface area contributed by atoms with Gasteiger partial charge in [0.1, 0.15) is 5.82 Å². The molecule has 3 rings (SSSR count). The average Bonchev–Trinajstić information content (AvgIpc) is 3.26. The minimum Gasteiger partial charge on any atom is -0.454 e. The van der Waals surface area contributed by atoms with Crippen LogP contribution in [0, 0.1) is 5.82 Å². The van der Waals surface area contributed by atoms with E-state index in [1.807, 2.05) is 17.5 Å². The van der Waals surface area contributed by atoms with E-state index < -0.39 is 24.3 Å². The second-order valence-electron chi connectivity index (χ2n) is 4.84. The second-order valence-corrected chi connectivity index (χ2v) is 5.78. The van der Waals surface area contributed by atoms with E-state index in [1.165, 1.54) is 35.6 Å². The molecule has 0 fully saturated rings. The van der Waals surface area contributed by atoms with Gasteiger partial charge in [-0.25, -0.2) is 9.18 Å². The molecule has 2 aromatic heterocycles. The smallest absolute Gasteiger partial charge is 0.330 e. The van der Waals surface area contributed by atoms with Gasteiger partial charge in [0.05, 0.1) is 4.88 Å². The van der Waals surface area contributed by atoms with Crippen molar-refractivity contribution in [1.29, 1.82) is 0 Å².